The smallest absolute Gasteiger partial charge is 0.356 e. The van der Waals surface area contributed by atoms with Crippen molar-refractivity contribution in [2.75, 3.05) is 0 Å². The molecule has 0 amide bonds. The summed E-state index contributed by atoms with van der Waals surface area (Å²) in [5, 5.41) is 7.14. The summed E-state index contributed by atoms with van der Waals surface area (Å²) in [6.45, 7) is 0.577. The summed E-state index contributed by atoms with van der Waals surface area (Å²) >= 11 is 0. The number of aromatic nitrogens is 1. The average molecular weight is 282 g/mol. The lowest BCUT2D eigenvalue weighted by atomic mass is 10.1. The summed E-state index contributed by atoms with van der Waals surface area (Å²) < 4.78 is 43.1. The van der Waals surface area contributed by atoms with Crippen LogP contribution in [0, 0.1) is 0 Å². The second-order valence-corrected chi connectivity index (χ2v) is 4.92. The van der Waals surface area contributed by atoms with Gasteiger partial charge in [-0.05, 0) is 25.0 Å². The predicted molar refractivity (Wildman–Crippen MR) is 66.8 cm³/mol. The number of benzene rings is 1. The standard InChI is InChI=1S/C14H13F3N2O/c15-14(16,17)10-3-1-2-9(6-10)13-7-12(19-20-13)8-18-11-4-5-11/h1-3,6-7,11,18H,4-5,8H2. The minimum absolute atomic E-state index is 0.351. The molecule has 106 valence electrons. The average Bonchev–Trinajstić information content (AvgIpc) is 3.12. The molecule has 0 saturated heterocycles. The number of hydrogen-bond donors (Lipinski definition) is 1. The first-order chi connectivity index (χ1) is 9.52. The van der Waals surface area contributed by atoms with Crippen LogP contribution in [0.1, 0.15) is 24.1 Å². The topological polar surface area (TPSA) is 38.1 Å². The summed E-state index contributed by atoms with van der Waals surface area (Å²) in [4.78, 5) is 0. The molecule has 0 bridgehead atoms. The molecule has 2 aromatic rings. The van der Waals surface area contributed by atoms with E-state index in [2.05, 4.69) is 10.5 Å². The molecule has 1 aliphatic rings. The van der Waals surface area contributed by atoms with E-state index >= 15 is 0 Å². The highest BCUT2D eigenvalue weighted by atomic mass is 19.4. The van der Waals surface area contributed by atoms with Crippen molar-refractivity contribution >= 4 is 0 Å². The van der Waals surface area contributed by atoms with Crippen LogP contribution in [0.4, 0.5) is 13.2 Å². The van der Waals surface area contributed by atoms with E-state index in [0.29, 0.717) is 29.6 Å². The molecule has 1 N–H and O–H groups in total. The molecule has 1 saturated carbocycles. The van der Waals surface area contributed by atoms with Gasteiger partial charge in [0.15, 0.2) is 5.76 Å². The molecule has 6 heteroatoms. The second-order valence-electron chi connectivity index (χ2n) is 4.92. The van der Waals surface area contributed by atoms with Crippen molar-refractivity contribution in [2.45, 2.75) is 31.6 Å². The zero-order chi connectivity index (χ0) is 14.2. The van der Waals surface area contributed by atoms with Crippen LogP contribution < -0.4 is 5.32 Å². The van der Waals surface area contributed by atoms with Gasteiger partial charge >= 0.3 is 6.18 Å². The molecule has 0 spiro atoms. The summed E-state index contributed by atoms with van der Waals surface area (Å²) in [5.74, 6) is 0.351. The van der Waals surface area contributed by atoms with Gasteiger partial charge < -0.3 is 9.84 Å². The monoisotopic (exact) mass is 282 g/mol. The van der Waals surface area contributed by atoms with Crippen LogP contribution in [0.3, 0.4) is 0 Å². The molecule has 0 unspecified atom stereocenters. The number of hydrogen-bond acceptors (Lipinski definition) is 3. The third-order valence-corrected chi connectivity index (χ3v) is 3.18. The summed E-state index contributed by atoms with van der Waals surface area (Å²) in [6.07, 6.45) is -2.02. The van der Waals surface area contributed by atoms with Gasteiger partial charge in [-0.15, -0.1) is 0 Å². The Morgan fingerprint density at radius 1 is 1.25 bits per heavy atom. The van der Waals surface area contributed by atoms with Crippen molar-refractivity contribution in [1.82, 2.24) is 10.5 Å². The molecule has 0 atom stereocenters. The first kappa shape index (κ1) is 13.2. The van der Waals surface area contributed by atoms with Crippen LogP contribution in [0.2, 0.25) is 0 Å². The molecule has 20 heavy (non-hydrogen) atoms. The van der Waals surface area contributed by atoms with Crippen LogP contribution in [-0.4, -0.2) is 11.2 Å². The molecular formula is C14H13F3N2O. The summed E-state index contributed by atoms with van der Waals surface area (Å²) in [7, 11) is 0. The maximum Gasteiger partial charge on any atom is 0.416 e. The second kappa shape index (κ2) is 4.94. The Morgan fingerprint density at radius 2 is 2.05 bits per heavy atom. The molecule has 1 aromatic heterocycles. The van der Waals surface area contributed by atoms with E-state index in [1.165, 1.54) is 18.9 Å². The third-order valence-electron chi connectivity index (χ3n) is 3.18. The molecule has 1 aliphatic carbocycles. The Bertz CT molecular complexity index is 602. The zero-order valence-electron chi connectivity index (χ0n) is 10.6. The van der Waals surface area contributed by atoms with Crippen molar-refractivity contribution in [3.8, 4) is 11.3 Å². The van der Waals surface area contributed by atoms with E-state index < -0.39 is 11.7 Å². The van der Waals surface area contributed by atoms with Crippen molar-refractivity contribution in [3.63, 3.8) is 0 Å². The van der Waals surface area contributed by atoms with E-state index in [-0.39, 0.29) is 0 Å². The fourth-order valence-corrected chi connectivity index (χ4v) is 1.92. The molecular weight excluding hydrogens is 269 g/mol. The highest BCUT2D eigenvalue weighted by molar-refractivity contribution is 5.58. The lowest BCUT2D eigenvalue weighted by molar-refractivity contribution is -0.137. The Hall–Kier alpha value is -1.82. The molecule has 0 radical (unpaired) electrons. The Morgan fingerprint density at radius 3 is 2.75 bits per heavy atom. The van der Waals surface area contributed by atoms with Gasteiger partial charge in [0, 0.05) is 24.2 Å². The first-order valence-electron chi connectivity index (χ1n) is 6.39. The Labute approximate surface area is 113 Å². The fraction of sp³-hybridized carbons (Fsp3) is 0.357. The summed E-state index contributed by atoms with van der Waals surface area (Å²) in [6, 6.07) is 7.26. The maximum absolute atomic E-state index is 12.6. The van der Waals surface area contributed by atoms with Crippen LogP contribution in [0.15, 0.2) is 34.9 Å². The normalized spacial score (nSPS) is 15.6. The fourth-order valence-electron chi connectivity index (χ4n) is 1.92. The molecule has 0 aliphatic heterocycles. The van der Waals surface area contributed by atoms with E-state index in [1.54, 1.807) is 12.1 Å². The quantitative estimate of drug-likeness (QED) is 0.931. The Balaban J connectivity index is 1.78. The minimum atomic E-state index is -4.35. The third kappa shape index (κ3) is 3.01. The van der Waals surface area contributed by atoms with Crippen molar-refractivity contribution in [1.29, 1.82) is 0 Å². The number of halogens is 3. The molecule has 3 nitrogen and oxygen atoms in total. The van der Waals surface area contributed by atoms with Crippen LogP contribution >= 0.6 is 0 Å². The minimum Gasteiger partial charge on any atom is -0.356 e. The van der Waals surface area contributed by atoms with E-state index in [0.717, 1.165) is 12.1 Å². The largest absolute Gasteiger partial charge is 0.416 e. The molecule has 1 aromatic carbocycles. The molecule has 3 rings (SSSR count). The van der Waals surface area contributed by atoms with Gasteiger partial charge in [-0.25, -0.2) is 0 Å². The lowest BCUT2D eigenvalue weighted by Crippen LogP contribution is -2.15. The maximum atomic E-state index is 12.6. The highest BCUT2D eigenvalue weighted by Gasteiger charge is 2.30. The number of nitrogens with zero attached hydrogens (tertiary/aromatic N) is 1. The van der Waals surface area contributed by atoms with Gasteiger partial charge in [0.05, 0.1) is 11.3 Å². The van der Waals surface area contributed by atoms with Gasteiger partial charge in [0.2, 0.25) is 0 Å². The van der Waals surface area contributed by atoms with Crippen molar-refractivity contribution < 1.29 is 17.7 Å². The van der Waals surface area contributed by atoms with Crippen molar-refractivity contribution in [2.24, 2.45) is 0 Å². The number of alkyl halides is 3. The van der Waals surface area contributed by atoms with Gasteiger partial charge in [0.25, 0.3) is 0 Å². The zero-order valence-corrected chi connectivity index (χ0v) is 10.6. The molecule has 1 fully saturated rings. The lowest BCUT2D eigenvalue weighted by Gasteiger charge is -2.06. The first-order valence-corrected chi connectivity index (χ1v) is 6.39. The SMILES string of the molecule is FC(F)(F)c1cccc(-c2cc(CNC3CC3)no2)c1. The van der Waals surface area contributed by atoms with Gasteiger partial charge in [-0.1, -0.05) is 17.3 Å². The molecule has 1 heterocycles. The Kier molecular flexibility index (Phi) is 3.25. The van der Waals surface area contributed by atoms with Crippen molar-refractivity contribution in [3.05, 3.63) is 41.6 Å². The number of rotatable bonds is 4. The van der Waals surface area contributed by atoms with E-state index in [4.69, 9.17) is 4.52 Å². The highest BCUT2D eigenvalue weighted by Crippen LogP contribution is 2.32. The van der Waals surface area contributed by atoms with Gasteiger partial charge in [-0.3, -0.25) is 0 Å². The summed E-state index contributed by atoms with van der Waals surface area (Å²) in [5.41, 5.74) is 0.387. The van der Waals surface area contributed by atoms with E-state index in [1.807, 2.05) is 0 Å². The van der Waals surface area contributed by atoms with Gasteiger partial charge in [0.1, 0.15) is 0 Å². The predicted octanol–water partition coefficient (Wildman–Crippen LogP) is 3.61. The van der Waals surface area contributed by atoms with Crippen LogP contribution in [-0.2, 0) is 12.7 Å². The van der Waals surface area contributed by atoms with Gasteiger partial charge in [-0.2, -0.15) is 13.2 Å². The van der Waals surface area contributed by atoms with Crippen LogP contribution in [0.5, 0.6) is 0 Å². The van der Waals surface area contributed by atoms with Crippen LogP contribution in [0.25, 0.3) is 11.3 Å². The van der Waals surface area contributed by atoms with E-state index in [9.17, 15) is 13.2 Å². The number of nitrogens with one attached hydrogen (secondary N) is 1.